The molecule has 4 aromatic carbocycles. The Labute approximate surface area is 201 Å². The van der Waals surface area contributed by atoms with Crippen LogP contribution in [-0.2, 0) is 0 Å². The van der Waals surface area contributed by atoms with Crippen LogP contribution in [0.15, 0.2) is 121 Å². The van der Waals surface area contributed by atoms with Gasteiger partial charge in [0.05, 0.1) is 0 Å². The predicted octanol–water partition coefficient (Wildman–Crippen LogP) is 5.37. The second-order valence-corrected chi connectivity index (χ2v) is 35.2. The first-order valence-corrected chi connectivity index (χ1v) is 27.7. The molecule has 0 fully saturated rings. The van der Waals surface area contributed by atoms with Gasteiger partial charge >= 0.3 is 203 Å². The Morgan fingerprint density at radius 2 is 0.613 bits per heavy atom. The molecule has 0 atom stereocenters. The Bertz CT molecular complexity index is 903. The molecule has 0 nitrogen and oxygen atoms in total. The van der Waals surface area contributed by atoms with Gasteiger partial charge in [-0.15, -0.1) is 0 Å². The van der Waals surface area contributed by atoms with E-state index < -0.39 is 34.5 Å². The third-order valence-electron chi connectivity index (χ3n) is 5.97. The number of hydrogen-bond donors (Lipinski definition) is 0. The van der Waals surface area contributed by atoms with Crippen molar-refractivity contribution in [3.63, 3.8) is 0 Å². The van der Waals surface area contributed by atoms with E-state index in [-0.39, 0.29) is 0 Å². The van der Waals surface area contributed by atoms with Crippen LogP contribution in [0.5, 0.6) is 0 Å². The molecule has 0 saturated heterocycles. The Hall–Kier alpha value is -0.943. The van der Waals surface area contributed by atoms with Crippen LogP contribution in [0.25, 0.3) is 0 Å². The normalized spacial score (nSPS) is 11.9. The fraction of sp³-hybridized carbons (Fsp3) is 0.111. The van der Waals surface area contributed by atoms with Crippen molar-refractivity contribution in [2.24, 2.45) is 0 Å². The number of rotatable bonds is 8. The van der Waals surface area contributed by atoms with E-state index in [4.69, 9.17) is 17.8 Å². The molecule has 0 heterocycles. The predicted molar refractivity (Wildman–Crippen MR) is 142 cm³/mol. The summed E-state index contributed by atoms with van der Waals surface area (Å²) in [6.45, 7) is 0. The summed E-state index contributed by atoms with van der Waals surface area (Å²) in [7, 11) is 15.2. The summed E-state index contributed by atoms with van der Waals surface area (Å²) in [5.41, 5.74) is 0. The molecule has 4 aromatic rings. The molecule has 0 aliphatic heterocycles. The average molecular weight is 659 g/mol. The zero-order valence-electron chi connectivity index (χ0n) is 17.4. The van der Waals surface area contributed by atoms with Crippen LogP contribution in [0.3, 0.4) is 0 Å². The molecule has 0 radical (unpaired) electrons. The topological polar surface area (TPSA) is 0 Å². The first-order valence-electron chi connectivity index (χ1n) is 10.7. The third-order valence-corrected chi connectivity index (χ3v) is 34.6. The van der Waals surface area contributed by atoms with Gasteiger partial charge in [0.1, 0.15) is 0 Å². The van der Waals surface area contributed by atoms with Gasteiger partial charge in [0.25, 0.3) is 0 Å². The summed E-state index contributed by atoms with van der Waals surface area (Å²) in [5, 5.41) is 0. The van der Waals surface area contributed by atoms with Crippen molar-refractivity contribution in [2.75, 3.05) is 0 Å². The molecule has 0 unspecified atom stereocenters. The molecule has 4 heteroatoms. The summed E-state index contributed by atoms with van der Waals surface area (Å²) in [5.74, 6) is 0. The molecule has 0 aliphatic carbocycles. The molecule has 0 N–H and O–H groups in total. The molecule has 4 rings (SSSR count). The molecule has 31 heavy (non-hydrogen) atoms. The first kappa shape index (κ1) is 23.2. The molecule has 0 aromatic heterocycles. The van der Waals surface area contributed by atoms with Gasteiger partial charge in [-0.2, -0.15) is 0 Å². The van der Waals surface area contributed by atoms with Crippen molar-refractivity contribution in [1.82, 2.24) is 0 Å². The van der Waals surface area contributed by atoms with Crippen LogP contribution < -0.4 is 14.3 Å². The fourth-order valence-electron chi connectivity index (χ4n) is 4.30. The molecule has 156 valence electrons. The average Bonchev–Trinajstić information content (AvgIpc) is 2.86. The van der Waals surface area contributed by atoms with Crippen LogP contribution in [0.1, 0.15) is 6.42 Å². The van der Waals surface area contributed by atoms with Crippen molar-refractivity contribution >= 4 is 66.7 Å². The SMILES string of the molecule is [Cl][Sn]([CH2]C[CH2][Sn]([Cl])([c]1ccccc1)[c]1ccccc1)([c]1ccccc1)[c]1ccccc1. The summed E-state index contributed by atoms with van der Waals surface area (Å²) < 4.78 is 7.49. The molecule has 0 spiro atoms. The van der Waals surface area contributed by atoms with Crippen molar-refractivity contribution in [3.8, 4) is 0 Å². The van der Waals surface area contributed by atoms with Gasteiger partial charge in [0.15, 0.2) is 0 Å². The van der Waals surface area contributed by atoms with Gasteiger partial charge < -0.3 is 0 Å². The second kappa shape index (κ2) is 10.8. The minimum absolute atomic E-state index is 1.05. The second-order valence-electron chi connectivity index (χ2n) is 7.92. The zero-order chi connectivity index (χ0) is 21.6. The summed E-state index contributed by atoms with van der Waals surface area (Å²) in [6, 6.07) is 43.0. The van der Waals surface area contributed by atoms with Gasteiger partial charge in [-0.25, -0.2) is 0 Å². The first-order chi connectivity index (χ1) is 15.1. The summed E-state index contributed by atoms with van der Waals surface area (Å²) >= 11 is -6.56. The van der Waals surface area contributed by atoms with E-state index in [1.165, 1.54) is 14.3 Å². The van der Waals surface area contributed by atoms with E-state index in [0.717, 1.165) is 15.3 Å². The monoisotopic (exact) mass is 660 g/mol. The Balaban J connectivity index is 1.64. The zero-order valence-corrected chi connectivity index (χ0v) is 24.6. The van der Waals surface area contributed by atoms with Gasteiger partial charge in [0, 0.05) is 0 Å². The van der Waals surface area contributed by atoms with E-state index >= 15 is 0 Å². The van der Waals surface area contributed by atoms with Gasteiger partial charge in [-0.1, -0.05) is 0 Å². The molecule has 0 bridgehead atoms. The van der Waals surface area contributed by atoms with Crippen molar-refractivity contribution < 1.29 is 0 Å². The Kier molecular flexibility index (Phi) is 8.08. The minimum atomic E-state index is -3.28. The molecule has 0 amide bonds. The number of halogens is 2. The van der Waals surface area contributed by atoms with Crippen LogP contribution in [0, 0.1) is 0 Å². The molecular formula is C27H26Cl2Sn2. The van der Waals surface area contributed by atoms with Crippen molar-refractivity contribution in [3.05, 3.63) is 121 Å². The van der Waals surface area contributed by atoms with Crippen LogP contribution in [-0.4, -0.2) is 34.5 Å². The standard InChI is InChI=1S/4C6H5.C3H6.2ClH.2Sn/c4*1-2-4-6-5-3-1;1-3-2;;;;/h4*1-5H;1-3H2;2*1H;;/q;;;;;;;2*+1/p-2. The molecule has 0 saturated carbocycles. The van der Waals surface area contributed by atoms with E-state index in [9.17, 15) is 0 Å². The Morgan fingerprint density at radius 3 is 0.839 bits per heavy atom. The van der Waals surface area contributed by atoms with Gasteiger partial charge in [0.2, 0.25) is 0 Å². The van der Waals surface area contributed by atoms with E-state index in [2.05, 4.69) is 121 Å². The number of hydrogen-bond acceptors (Lipinski definition) is 0. The molecule has 0 aliphatic rings. The Morgan fingerprint density at radius 1 is 0.387 bits per heavy atom. The summed E-state index contributed by atoms with van der Waals surface area (Å²) in [4.78, 5) is 0. The van der Waals surface area contributed by atoms with Crippen LogP contribution >= 0.6 is 17.8 Å². The van der Waals surface area contributed by atoms with Crippen molar-refractivity contribution in [1.29, 1.82) is 0 Å². The van der Waals surface area contributed by atoms with Gasteiger partial charge in [-0.3, -0.25) is 0 Å². The fourth-order valence-corrected chi connectivity index (χ4v) is 29.6. The van der Waals surface area contributed by atoms with Crippen LogP contribution in [0.4, 0.5) is 0 Å². The van der Waals surface area contributed by atoms with E-state index in [1.54, 1.807) is 0 Å². The van der Waals surface area contributed by atoms with E-state index in [0.29, 0.717) is 0 Å². The summed E-state index contributed by atoms with van der Waals surface area (Å²) in [6.07, 6.45) is 1.06. The maximum absolute atomic E-state index is 7.60. The van der Waals surface area contributed by atoms with Crippen LogP contribution in [0.2, 0.25) is 8.87 Å². The van der Waals surface area contributed by atoms with Crippen molar-refractivity contribution in [2.45, 2.75) is 15.3 Å². The quantitative estimate of drug-likeness (QED) is 0.224. The van der Waals surface area contributed by atoms with Gasteiger partial charge in [-0.05, 0) is 0 Å². The maximum atomic E-state index is 7.60. The number of benzene rings is 4. The third kappa shape index (κ3) is 5.35. The molecular weight excluding hydrogens is 633 g/mol. The van der Waals surface area contributed by atoms with E-state index in [1.807, 2.05) is 0 Å².